The number of anilines is 1. The Morgan fingerprint density at radius 1 is 0.857 bits per heavy atom. The molecule has 3 atom stereocenters. The Morgan fingerprint density at radius 2 is 1.45 bits per heavy atom. The molecule has 1 amide bonds. The molecule has 248 valence electrons. The molecule has 1 aliphatic heterocycles. The van der Waals surface area contributed by atoms with Gasteiger partial charge in [-0.2, -0.15) is 4.68 Å². The van der Waals surface area contributed by atoms with E-state index in [1.54, 1.807) is 38.5 Å². The van der Waals surface area contributed by atoms with Gasteiger partial charge in [0, 0.05) is 12.0 Å². The van der Waals surface area contributed by atoms with Crippen LogP contribution in [0.15, 0.2) is 116 Å². The molecule has 7 rings (SSSR count). The van der Waals surface area contributed by atoms with Gasteiger partial charge < -0.3 is 24.3 Å². The lowest BCUT2D eigenvalue weighted by molar-refractivity contribution is -0.0838. The van der Waals surface area contributed by atoms with Crippen molar-refractivity contribution in [3.63, 3.8) is 0 Å². The van der Waals surface area contributed by atoms with E-state index in [-0.39, 0.29) is 35.9 Å². The molecule has 0 unspecified atom stereocenters. The monoisotopic (exact) mass is 660 g/mol. The van der Waals surface area contributed by atoms with Crippen molar-refractivity contribution in [3.8, 4) is 11.5 Å². The molecular formula is C37H33FN6O5. The molecule has 1 N–H and O–H groups in total. The molecule has 0 spiro atoms. The van der Waals surface area contributed by atoms with E-state index in [0.29, 0.717) is 17.1 Å². The molecule has 1 aliphatic rings. The minimum absolute atomic E-state index is 0.0455. The molecule has 4 aromatic carbocycles. The Morgan fingerprint density at radius 3 is 2.06 bits per heavy atom. The fourth-order valence-electron chi connectivity index (χ4n) is 6.11. The van der Waals surface area contributed by atoms with Gasteiger partial charge in [0.15, 0.2) is 23.2 Å². The summed E-state index contributed by atoms with van der Waals surface area (Å²) in [4.78, 5) is 21.3. The van der Waals surface area contributed by atoms with Crippen molar-refractivity contribution in [3.05, 3.63) is 138 Å². The van der Waals surface area contributed by atoms with Crippen molar-refractivity contribution < 1.29 is 28.1 Å². The van der Waals surface area contributed by atoms with Crippen LogP contribution in [0.1, 0.15) is 39.7 Å². The van der Waals surface area contributed by atoms with E-state index in [1.807, 2.05) is 84.9 Å². The van der Waals surface area contributed by atoms with E-state index in [1.165, 1.54) is 11.0 Å². The topological polar surface area (TPSA) is 123 Å². The number of hydrogen-bond acceptors (Lipinski definition) is 9. The van der Waals surface area contributed by atoms with Crippen molar-refractivity contribution in [2.75, 3.05) is 26.1 Å². The van der Waals surface area contributed by atoms with Crippen molar-refractivity contribution in [1.82, 2.24) is 25.0 Å². The van der Waals surface area contributed by atoms with E-state index >= 15 is 4.39 Å². The van der Waals surface area contributed by atoms with Gasteiger partial charge in [0.05, 0.1) is 26.9 Å². The van der Waals surface area contributed by atoms with Crippen LogP contribution in [0, 0.1) is 0 Å². The number of halogens is 1. The van der Waals surface area contributed by atoms with Crippen molar-refractivity contribution in [2.45, 2.75) is 30.5 Å². The van der Waals surface area contributed by atoms with Crippen LogP contribution in [0.3, 0.4) is 0 Å². The normalized spacial score (nSPS) is 17.6. The van der Waals surface area contributed by atoms with Gasteiger partial charge in [-0.3, -0.25) is 4.79 Å². The van der Waals surface area contributed by atoms with Crippen LogP contribution in [-0.4, -0.2) is 64.0 Å². The zero-order chi connectivity index (χ0) is 33.8. The maximum atomic E-state index is 15.8. The molecule has 3 heterocycles. The first-order valence-electron chi connectivity index (χ1n) is 15.7. The van der Waals surface area contributed by atoms with Crippen LogP contribution in [0.25, 0.3) is 11.2 Å². The number of amides is 1. The summed E-state index contributed by atoms with van der Waals surface area (Å²) < 4.78 is 41.2. The van der Waals surface area contributed by atoms with E-state index in [0.717, 1.165) is 16.7 Å². The van der Waals surface area contributed by atoms with Crippen LogP contribution in [-0.2, 0) is 15.1 Å². The Kier molecular flexibility index (Phi) is 8.97. The molecule has 0 aliphatic carbocycles. The summed E-state index contributed by atoms with van der Waals surface area (Å²) in [6, 6.07) is 33.9. The molecule has 12 heteroatoms. The molecule has 0 bridgehead atoms. The number of nitrogens with one attached hydrogen (secondary N) is 1. The number of ether oxygens (including phenoxy) is 4. The van der Waals surface area contributed by atoms with Crippen molar-refractivity contribution >= 4 is 22.9 Å². The van der Waals surface area contributed by atoms with Crippen LogP contribution in [0.4, 0.5) is 10.2 Å². The SMILES string of the molecule is COc1ccc(C(OC[C@H]2C[C@H](F)[C@H](n3nnc4c(NC(=O)c5ccccc5)ncnc43)O2)(c2ccccc2)c2ccc(OC)cc2)cc1. The molecule has 0 radical (unpaired) electrons. The lowest BCUT2D eigenvalue weighted by atomic mass is 9.80. The summed E-state index contributed by atoms with van der Waals surface area (Å²) in [5.74, 6) is 1.19. The highest BCUT2D eigenvalue weighted by Crippen LogP contribution is 2.43. The number of carbonyl (C=O) groups is 1. The van der Waals surface area contributed by atoms with Gasteiger partial charge in [-0.05, 0) is 53.1 Å². The first kappa shape index (κ1) is 31.9. The van der Waals surface area contributed by atoms with Gasteiger partial charge in [-0.1, -0.05) is 78.0 Å². The standard InChI is InChI=1S/C37H33FN6O5/c1-46-28-17-13-26(14-18-28)37(25-11-7-4-8-12-25,27-15-19-29(47-2)20-16-27)48-22-30-21-31(38)36(49-30)44-34-32(42-43-44)33(39-23-40-34)41-35(45)24-9-5-3-6-10-24/h3-20,23,30-31,36H,21-22H2,1-2H3,(H,39,40,41,45)/t30-,31+,36-/m1/s1. The smallest absolute Gasteiger partial charge is 0.256 e. The van der Waals surface area contributed by atoms with Crippen LogP contribution in [0.5, 0.6) is 11.5 Å². The summed E-state index contributed by atoms with van der Waals surface area (Å²) in [7, 11) is 3.24. The maximum absolute atomic E-state index is 15.8. The number of nitrogens with zero attached hydrogens (tertiary/aromatic N) is 5. The summed E-state index contributed by atoms with van der Waals surface area (Å²) in [6.07, 6.45) is -1.89. The average Bonchev–Trinajstić information content (AvgIpc) is 3.76. The molecule has 49 heavy (non-hydrogen) atoms. The van der Waals surface area contributed by atoms with Gasteiger partial charge in [0.2, 0.25) is 0 Å². The minimum Gasteiger partial charge on any atom is -0.497 e. The fourth-order valence-corrected chi connectivity index (χ4v) is 6.11. The largest absolute Gasteiger partial charge is 0.497 e. The summed E-state index contributed by atoms with van der Waals surface area (Å²) >= 11 is 0. The second-order valence-corrected chi connectivity index (χ2v) is 11.5. The summed E-state index contributed by atoms with van der Waals surface area (Å²) in [5, 5.41) is 11.1. The second kappa shape index (κ2) is 13.8. The number of benzene rings is 4. The molecule has 1 saturated heterocycles. The lowest BCUT2D eigenvalue weighted by Gasteiger charge is -2.37. The van der Waals surface area contributed by atoms with Gasteiger partial charge >= 0.3 is 0 Å². The van der Waals surface area contributed by atoms with Crippen molar-refractivity contribution in [1.29, 1.82) is 0 Å². The second-order valence-electron chi connectivity index (χ2n) is 11.5. The first-order chi connectivity index (χ1) is 24.0. The average molecular weight is 661 g/mol. The van der Waals surface area contributed by atoms with Gasteiger partial charge in [-0.25, -0.2) is 14.4 Å². The predicted octanol–water partition coefficient (Wildman–Crippen LogP) is 6.13. The maximum Gasteiger partial charge on any atom is 0.256 e. The van der Waals surface area contributed by atoms with Gasteiger partial charge in [0.25, 0.3) is 5.91 Å². The van der Waals surface area contributed by atoms with E-state index in [9.17, 15) is 4.79 Å². The Labute approximate surface area is 281 Å². The summed E-state index contributed by atoms with van der Waals surface area (Å²) in [5.41, 5.74) is 2.36. The van der Waals surface area contributed by atoms with Gasteiger partial charge in [-0.15, -0.1) is 5.10 Å². The lowest BCUT2D eigenvalue weighted by Crippen LogP contribution is -2.35. The quantitative estimate of drug-likeness (QED) is 0.164. The first-order valence-corrected chi connectivity index (χ1v) is 15.7. The number of carbonyl (C=O) groups excluding carboxylic acids is 1. The Hall–Kier alpha value is -5.72. The Balaban J connectivity index is 1.18. The third-order valence-electron chi connectivity index (χ3n) is 8.56. The third kappa shape index (κ3) is 6.19. The van der Waals surface area contributed by atoms with E-state index in [4.69, 9.17) is 18.9 Å². The van der Waals surface area contributed by atoms with E-state index < -0.39 is 24.1 Å². The molecule has 1 fully saturated rings. The molecule has 11 nitrogen and oxygen atoms in total. The third-order valence-corrected chi connectivity index (χ3v) is 8.56. The molecular weight excluding hydrogens is 627 g/mol. The number of hydrogen-bond donors (Lipinski definition) is 1. The molecule has 0 saturated carbocycles. The Bertz CT molecular complexity index is 1980. The van der Waals surface area contributed by atoms with Gasteiger partial charge in [0.1, 0.15) is 29.6 Å². The van der Waals surface area contributed by atoms with Crippen LogP contribution in [0.2, 0.25) is 0 Å². The minimum atomic E-state index is -1.44. The highest BCUT2D eigenvalue weighted by atomic mass is 19.1. The number of fused-ring (bicyclic) bond motifs is 1. The predicted molar refractivity (Wildman–Crippen MR) is 179 cm³/mol. The number of methoxy groups -OCH3 is 2. The highest BCUT2D eigenvalue weighted by molar-refractivity contribution is 6.06. The summed E-state index contributed by atoms with van der Waals surface area (Å²) in [6.45, 7) is 0.0455. The molecule has 6 aromatic rings. The highest BCUT2D eigenvalue weighted by Gasteiger charge is 2.43. The zero-order valence-electron chi connectivity index (χ0n) is 26.8. The van der Waals surface area contributed by atoms with Crippen LogP contribution >= 0.6 is 0 Å². The number of alkyl halides is 1. The van der Waals surface area contributed by atoms with Crippen LogP contribution < -0.4 is 14.8 Å². The zero-order valence-corrected chi connectivity index (χ0v) is 26.8. The number of rotatable bonds is 11. The molecule has 2 aromatic heterocycles. The van der Waals surface area contributed by atoms with E-state index in [2.05, 4.69) is 25.6 Å². The fraction of sp³-hybridized carbons (Fsp3) is 0.216. The number of aromatic nitrogens is 5. The van der Waals surface area contributed by atoms with Crippen molar-refractivity contribution in [2.24, 2.45) is 0 Å².